The smallest absolute Gasteiger partial charge is 0.338 e. The zero-order valence-electron chi connectivity index (χ0n) is 13.6. The van der Waals surface area contributed by atoms with Gasteiger partial charge in [0.05, 0.1) is 6.54 Å². The standard InChI is InChI=1S/C15H22N6O2/c1-10-16-13(23-18-10)9-20-7-5-11(6-8-20)14-17-19(2)15(22)21(14)12-3-4-12/h11-12H,3-9H2,1-2H3. The van der Waals surface area contributed by atoms with Crippen molar-refractivity contribution in [3.05, 3.63) is 28.0 Å². The van der Waals surface area contributed by atoms with Crippen LogP contribution < -0.4 is 5.69 Å². The molecule has 0 spiro atoms. The molecule has 124 valence electrons. The highest BCUT2D eigenvalue weighted by atomic mass is 16.5. The molecule has 0 aromatic carbocycles. The first-order valence-corrected chi connectivity index (χ1v) is 8.29. The molecule has 1 saturated heterocycles. The number of nitrogens with zero attached hydrogens (tertiary/aromatic N) is 6. The van der Waals surface area contributed by atoms with Crippen molar-refractivity contribution in [2.24, 2.45) is 7.05 Å². The van der Waals surface area contributed by atoms with Crippen LogP contribution in [-0.2, 0) is 13.6 Å². The Balaban J connectivity index is 1.44. The molecule has 2 fully saturated rings. The van der Waals surface area contributed by atoms with Gasteiger partial charge in [-0.05, 0) is 45.7 Å². The summed E-state index contributed by atoms with van der Waals surface area (Å²) >= 11 is 0. The number of rotatable bonds is 4. The Morgan fingerprint density at radius 3 is 2.57 bits per heavy atom. The first-order chi connectivity index (χ1) is 11.1. The first kappa shape index (κ1) is 14.6. The fourth-order valence-corrected chi connectivity index (χ4v) is 3.40. The van der Waals surface area contributed by atoms with E-state index in [0.29, 0.717) is 30.2 Å². The van der Waals surface area contributed by atoms with E-state index in [1.807, 2.05) is 11.5 Å². The van der Waals surface area contributed by atoms with Crippen LogP contribution >= 0.6 is 0 Å². The molecule has 2 aromatic heterocycles. The zero-order chi connectivity index (χ0) is 16.0. The van der Waals surface area contributed by atoms with Crippen molar-refractivity contribution >= 4 is 0 Å². The number of hydrogen-bond donors (Lipinski definition) is 0. The van der Waals surface area contributed by atoms with Gasteiger partial charge in [-0.1, -0.05) is 5.16 Å². The molecule has 23 heavy (non-hydrogen) atoms. The maximum absolute atomic E-state index is 12.2. The summed E-state index contributed by atoms with van der Waals surface area (Å²) in [5, 5.41) is 8.35. The molecule has 1 aliphatic heterocycles. The molecule has 8 heteroatoms. The molecule has 1 aliphatic carbocycles. The van der Waals surface area contributed by atoms with Gasteiger partial charge in [0.1, 0.15) is 5.82 Å². The number of hydrogen-bond acceptors (Lipinski definition) is 6. The number of likely N-dealkylation sites (tertiary alicyclic amines) is 1. The highest BCUT2D eigenvalue weighted by Crippen LogP contribution is 2.37. The third-order valence-corrected chi connectivity index (χ3v) is 4.78. The van der Waals surface area contributed by atoms with Gasteiger partial charge in [-0.3, -0.25) is 9.47 Å². The van der Waals surface area contributed by atoms with Crippen LogP contribution in [0.2, 0.25) is 0 Å². The molecular weight excluding hydrogens is 296 g/mol. The average molecular weight is 318 g/mol. The molecule has 0 unspecified atom stereocenters. The van der Waals surface area contributed by atoms with Crippen LogP contribution in [0.5, 0.6) is 0 Å². The Labute approximate surface area is 134 Å². The Bertz CT molecular complexity index is 748. The topological polar surface area (TPSA) is 82.0 Å². The van der Waals surface area contributed by atoms with Gasteiger partial charge in [0.25, 0.3) is 0 Å². The van der Waals surface area contributed by atoms with Gasteiger partial charge in [0.15, 0.2) is 5.82 Å². The molecule has 0 radical (unpaired) electrons. The van der Waals surface area contributed by atoms with Crippen molar-refractivity contribution in [2.45, 2.75) is 51.1 Å². The predicted molar refractivity (Wildman–Crippen MR) is 82.0 cm³/mol. The van der Waals surface area contributed by atoms with E-state index in [1.165, 1.54) is 4.68 Å². The Kier molecular flexibility index (Phi) is 3.56. The van der Waals surface area contributed by atoms with Crippen molar-refractivity contribution in [2.75, 3.05) is 13.1 Å². The van der Waals surface area contributed by atoms with E-state index in [1.54, 1.807) is 7.05 Å². The van der Waals surface area contributed by atoms with Gasteiger partial charge in [-0.25, -0.2) is 9.48 Å². The normalized spacial score (nSPS) is 20.3. The van der Waals surface area contributed by atoms with E-state index >= 15 is 0 Å². The second-order valence-electron chi connectivity index (χ2n) is 6.65. The number of piperidine rings is 1. The van der Waals surface area contributed by atoms with Crippen molar-refractivity contribution in [1.29, 1.82) is 0 Å². The van der Waals surface area contributed by atoms with Crippen molar-refractivity contribution in [3.8, 4) is 0 Å². The average Bonchev–Trinajstić information content (AvgIpc) is 3.23. The Morgan fingerprint density at radius 2 is 1.96 bits per heavy atom. The van der Waals surface area contributed by atoms with Crippen LogP contribution in [0.4, 0.5) is 0 Å². The van der Waals surface area contributed by atoms with Crippen LogP contribution in [0.1, 0.15) is 55.2 Å². The lowest BCUT2D eigenvalue weighted by atomic mass is 9.96. The number of aromatic nitrogens is 5. The molecular formula is C15H22N6O2. The fourth-order valence-electron chi connectivity index (χ4n) is 3.40. The Morgan fingerprint density at radius 1 is 1.22 bits per heavy atom. The summed E-state index contributed by atoms with van der Waals surface area (Å²) in [6.07, 6.45) is 4.23. The van der Waals surface area contributed by atoms with Gasteiger partial charge in [-0.15, -0.1) is 0 Å². The molecule has 2 aliphatic rings. The van der Waals surface area contributed by atoms with Crippen LogP contribution in [0.15, 0.2) is 9.32 Å². The van der Waals surface area contributed by atoms with Crippen molar-refractivity contribution < 1.29 is 4.52 Å². The molecule has 1 saturated carbocycles. The summed E-state index contributed by atoms with van der Waals surface area (Å²) < 4.78 is 8.61. The maximum Gasteiger partial charge on any atom is 0.345 e. The van der Waals surface area contributed by atoms with Crippen LogP contribution in [0, 0.1) is 6.92 Å². The largest absolute Gasteiger partial charge is 0.345 e. The highest BCUT2D eigenvalue weighted by molar-refractivity contribution is 5.04. The van der Waals surface area contributed by atoms with Crippen LogP contribution in [-0.4, -0.2) is 42.5 Å². The SMILES string of the molecule is Cc1noc(CN2CCC(c3nn(C)c(=O)n3C3CC3)CC2)n1. The monoisotopic (exact) mass is 318 g/mol. The van der Waals surface area contributed by atoms with Gasteiger partial charge in [0.2, 0.25) is 5.89 Å². The van der Waals surface area contributed by atoms with E-state index in [4.69, 9.17) is 4.52 Å². The summed E-state index contributed by atoms with van der Waals surface area (Å²) in [4.78, 5) is 18.8. The molecule has 4 rings (SSSR count). The molecule has 0 bridgehead atoms. The quantitative estimate of drug-likeness (QED) is 0.836. The molecule has 2 aromatic rings. The van der Waals surface area contributed by atoms with Crippen LogP contribution in [0.3, 0.4) is 0 Å². The van der Waals surface area contributed by atoms with Crippen molar-refractivity contribution in [3.63, 3.8) is 0 Å². The lowest BCUT2D eigenvalue weighted by molar-refractivity contribution is 0.177. The lowest BCUT2D eigenvalue weighted by Gasteiger charge is -2.30. The minimum absolute atomic E-state index is 0.0336. The van der Waals surface area contributed by atoms with E-state index < -0.39 is 0 Å². The summed E-state index contributed by atoms with van der Waals surface area (Å²) in [6, 6.07) is 0.380. The van der Waals surface area contributed by atoms with E-state index in [-0.39, 0.29) is 5.69 Å². The molecule has 3 heterocycles. The fraction of sp³-hybridized carbons (Fsp3) is 0.733. The minimum Gasteiger partial charge on any atom is -0.338 e. The summed E-state index contributed by atoms with van der Waals surface area (Å²) in [6.45, 7) is 4.45. The van der Waals surface area contributed by atoms with E-state index in [0.717, 1.165) is 44.6 Å². The van der Waals surface area contributed by atoms with E-state index in [9.17, 15) is 4.79 Å². The van der Waals surface area contributed by atoms with Crippen LogP contribution in [0.25, 0.3) is 0 Å². The molecule has 0 N–H and O–H groups in total. The van der Waals surface area contributed by atoms with Crippen molar-refractivity contribution in [1.82, 2.24) is 29.4 Å². The lowest BCUT2D eigenvalue weighted by Crippen LogP contribution is -2.34. The minimum atomic E-state index is 0.0336. The summed E-state index contributed by atoms with van der Waals surface area (Å²) in [7, 11) is 1.75. The predicted octanol–water partition coefficient (Wildman–Crippen LogP) is 0.988. The third kappa shape index (κ3) is 2.83. The van der Waals surface area contributed by atoms with Gasteiger partial charge in [0, 0.05) is 19.0 Å². The maximum atomic E-state index is 12.2. The highest BCUT2D eigenvalue weighted by Gasteiger charge is 2.33. The zero-order valence-corrected chi connectivity index (χ0v) is 13.6. The Hall–Kier alpha value is -1.96. The molecule has 0 amide bonds. The molecule has 8 nitrogen and oxygen atoms in total. The third-order valence-electron chi connectivity index (χ3n) is 4.78. The van der Waals surface area contributed by atoms with Gasteiger partial charge in [-0.2, -0.15) is 10.1 Å². The van der Waals surface area contributed by atoms with E-state index in [2.05, 4.69) is 20.1 Å². The first-order valence-electron chi connectivity index (χ1n) is 8.29. The second kappa shape index (κ2) is 5.59. The summed E-state index contributed by atoms with van der Waals surface area (Å²) in [5.41, 5.74) is 0.0336. The summed E-state index contributed by atoms with van der Waals surface area (Å²) in [5.74, 6) is 2.70. The molecule has 0 atom stereocenters. The number of aryl methyl sites for hydroxylation is 2. The van der Waals surface area contributed by atoms with Gasteiger partial charge >= 0.3 is 5.69 Å². The van der Waals surface area contributed by atoms with Gasteiger partial charge < -0.3 is 4.52 Å². The second-order valence-corrected chi connectivity index (χ2v) is 6.65.